The van der Waals surface area contributed by atoms with Crippen LogP contribution in [0.25, 0.3) is 0 Å². The minimum absolute atomic E-state index is 0.0933. The molecule has 3 N–H and O–H groups in total. The molecule has 1 fully saturated rings. The first-order chi connectivity index (χ1) is 6.27. The van der Waals surface area contributed by atoms with Gasteiger partial charge in [-0.25, -0.2) is 0 Å². The van der Waals surface area contributed by atoms with Gasteiger partial charge in [-0.05, 0) is 12.8 Å². The van der Waals surface area contributed by atoms with Crippen molar-refractivity contribution in [2.75, 3.05) is 19.8 Å². The Hall–Kier alpha value is -0.120. The molecule has 1 saturated carbocycles. The molecule has 0 spiro atoms. The lowest BCUT2D eigenvalue weighted by Gasteiger charge is -2.27. The second kappa shape index (κ2) is 5.58. The Labute approximate surface area is 80.3 Å². The van der Waals surface area contributed by atoms with E-state index in [0.29, 0.717) is 13.2 Å². The predicted molar refractivity (Wildman–Crippen MR) is 52.5 cm³/mol. The van der Waals surface area contributed by atoms with Crippen LogP contribution in [0.15, 0.2) is 0 Å². The molecule has 0 heterocycles. The van der Waals surface area contributed by atoms with Gasteiger partial charge in [-0.2, -0.15) is 0 Å². The Morgan fingerprint density at radius 1 is 1.15 bits per heavy atom. The molecular weight excluding hydrogens is 166 g/mol. The third-order valence-corrected chi connectivity index (χ3v) is 2.72. The molecule has 13 heavy (non-hydrogen) atoms. The number of ether oxygens (including phenoxy) is 1. The summed E-state index contributed by atoms with van der Waals surface area (Å²) in [5.74, 6) is 0. The fraction of sp³-hybridized carbons (Fsp3) is 1.00. The highest BCUT2D eigenvalue weighted by molar-refractivity contribution is 4.85. The maximum absolute atomic E-state index is 8.57. The van der Waals surface area contributed by atoms with Gasteiger partial charge in [0, 0.05) is 5.54 Å². The van der Waals surface area contributed by atoms with Gasteiger partial charge in [-0.3, -0.25) is 0 Å². The van der Waals surface area contributed by atoms with E-state index in [1.165, 1.54) is 25.7 Å². The molecule has 3 nitrogen and oxygen atoms in total. The van der Waals surface area contributed by atoms with Crippen molar-refractivity contribution in [3.05, 3.63) is 0 Å². The summed E-state index contributed by atoms with van der Waals surface area (Å²) in [7, 11) is 0. The maximum Gasteiger partial charge on any atom is 0.0698 e. The van der Waals surface area contributed by atoms with Crippen molar-refractivity contribution in [2.45, 2.75) is 44.1 Å². The van der Waals surface area contributed by atoms with Crippen LogP contribution in [0.4, 0.5) is 0 Å². The number of hydrogen-bond donors (Lipinski definition) is 2. The highest BCUT2D eigenvalue weighted by atomic mass is 16.5. The van der Waals surface area contributed by atoms with Gasteiger partial charge in [0.15, 0.2) is 0 Å². The Morgan fingerprint density at radius 2 is 1.77 bits per heavy atom. The molecule has 0 aromatic carbocycles. The van der Waals surface area contributed by atoms with Gasteiger partial charge in [0.2, 0.25) is 0 Å². The van der Waals surface area contributed by atoms with E-state index in [1.807, 2.05) is 0 Å². The Kier molecular flexibility index (Phi) is 4.70. The van der Waals surface area contributed by atoms with Crippen LogP contribution in [0.3, 0.4) is 0 Å². The molecule has 0 unspecified atom stereocenters. The summed E-state index contributed by atoms with van der Waals surface area (Å²) in [5, 5.41) is 8.57. The molecule has 0 aromatic heterocycles. The second-order valence-electron chi connectivity index (χ2n) is 4.05. The molecular formula is C10H21NO2. The number of rotatable bonds is 4. The van der Waals surface area contributed by atoms with Crippen molar-refractivity contribution in [1.29, 1.82) is 0 Å². The summed E-state index contributed by atoms with van der Waals surface area (Å²) in [6, 6.07) is 0. The minimum Gasteiger partial charge on any atom is -0.394 e. The van der Waals surface area contributed by atoms with E-state index in [4.69, 9.17) is 15.6 Å². The first kappa shape index (κ1) is 11.0. The molecule has 0 atom stereocenters. The van der Waals surface area contributed by atoms with Crippen molar-refractivity contribution >= 4 is 0 Å². The fourth-order valence-corrected chi connectivity index (χ4v) is 1.92. The predicted octanol–water partition coefficient (Wildman–Crippen LogP) is 1.05. The summed E-state index contributed by atoms with van der Waals surface area (Å²) >= 11 is 0. The van der Waals surface area contributed by atoms with Crippen LogP contribution in [0.5, 0.6) is 0 Å². The van der Waals surface area contributed by atoms with E-state index in [9.17, 15) is 0 Å². The average Bonchev–Trinajstić information content (AvgIpc) is 2.31. The minimum atomic E-state index is -0.119. The third-order valence-electron chi connectivity index (χ3n) is 2.72. The number of hydrogen-bond acceptors (Lipinski definition) is 3. The molecule has 1 rings (SSSR count). The molecule has 0 aromatic rings. The molecule has 0 aliphatic heterocycles. The Morgan fingerprint density at radius 3 is 2.31 bits per heavy atom. The van der Waals surface area contributed by atoms with Crippen LogP contribution in [-0.4, -0.2) is 30.5 Å². The van der Waals surface area contributed by atoms with Gasteiger partial charge in [0.1, 0.15) is 0 Å². The summed E-state index contributed by atoms with van der Waals surface area (Å²) in [4.78, 5) is 0. The third kappa shape index (κ3) is 4.07. The molecule has 1 aliphatic carbocycles. The van der Waals surface area contributed by atoms with Crippen LogP contribution < -0.4 is 5.73 Å². The van der Waals surface area contributed by atoms with Crippen molar-refractivity contribution in [2.24, 2.45) is 5.73 Å². The van der Waals surface area contributed by atoms with Crippen LogP contribution in [-0.2, 0) is 4.74 Å². The van der Waals surface area contributed by atoms with Crippen LogP contribution in [0, 0.1) is 0 Å². The van der Waals surface area contributed by atoms with Gasteiger partial charge >= 0.3 is 0 Å². The second-order valence-corrected chi connectivity index (χ2v) is 4.05. The van der Waals surface area contributed by atoms with Gasteiger partial charge in [-0.1, -0.05) is 25.7 Å². The highest BCUT2D eigenvalue weighted by Crippen LogP contribution is 2.24. The van der Waals surface area contributed by atoms with Crippen LogP contribution in [0.2, 0.25) is 0 Å². The lowest BCUT2D eigenvalue weighted by atomic mass is 9.93. The lowest BCUT2D eigenvalue weighted by Crippen LogP contribution is -2.44. The van der Waals surface area contributed by atoms with Crippen molar-refractivity contribution in [1.82, 2.24) is 0 Å². The summed E-state index contributed by atoms with van der Waals surface area (Å²) in [6.07, 6.45) is 7.19. The topological polar surface area (TPSA) is 55.5 Å². The van der Waals surface area contributed by atoms with E-state index in [1.54, 1.807) is 0 Å². The van der Waals surface area contributed by atoms with E-state index in [-0.39, 0.29) is 12.1 Å². The van der Waals surface area contributed by atoms with Gasteiger partial charge in [0.05, 0.1) is 19.8 Å². The summed E-state index contributed by atoms with van der Waals surface area (Å²) in [5.41, 5.74) is 6.07. The van der Waals surface area contributed by atoms with E-state index >= 15 is 0 Å². The van der Waals surface area contributed by atoms with Crippen molar-refractivity contribution in [3.63, 3.8) is 0 Å². The van der Waals surface area contributed by atoms with Crippen molar-refractivity contribution < 1.29 is 9.84 Å². The number of aliphatic hydroxyl groups excluding tert-OH is 1. The van der Waals surface area contributed by atoms with Gasteiger partial charge < -0.3 is 15.6 Å². The Balaban J connectivity index is 2.25. The number of nitrogens with two attached hydrogens (primary N) is 1. The lowest BCUT2D eigenvalue weighted by molar-refractivity contribution is 0.0523. The van der Waals surface area contributed by atoms with E-state index in [2.05, 4.69) is 0 Å². The quantitative estimate of drug-likeness (QED) is 0.511. The van der Waals surface area contributed by atoms with Crippen molar-refractivity contribution in [3.8, 4) is 0 Å². The maximum atomic E-state index is 8.57. The summed E-state index contributed by atoms with van der Waals surface area (Å²) in [6.45, 7) is 1.11. The normalized spacial score (nSPS) is 22.6. The first-order valence-electron chi connectivity index (χ1n) is 5.24. The monoisotopic (exact) mass is 187 g/mol. The smallest absolute Gasteiger partial charge is 0.0698 e. The molecule has 0 amide bonds. The number of aliphatic hydroxyl groups is 1. The highest BCUT2D eigenvalue weighted by Gasteiger charge is 2.25. The summed E-state index contributed by atoms with van der Waals surface area (Å²) < 4.78 is 5.31. The average molecular weight is 187 g/mol. The molecule has 0 radical (unpaired) electrons. The first-order valence-corrected chi connectivity index (χ1v) is 5.24. The zero-order valence-electron chi connectivity index (χ0n) is 8.30. The van der Waals surface area contributed by atoms with E-state index in [0.717, 1.165) is 12.8 Å². The zero-order chi connectivity index (χ0) is 9.57. The largest absolute Gasteiger partial charge is 0.394 e. The Bertz CT molecular complexity index is 131. The van der Waals surface area contributed by atoms with Crippen LogP contribution >= 0.6 is 0 Å². The standard InChI is InChI=1S/C10H21NO2/c11-10(9-13-8-7-12)5-3-1-2-4-6-10/h12H,1-9,11H2. The van der Waals surface area contributed by atoms with Gasteiger partial charge in [0.25, 0.3) is 0 Å². The van der Waals surface area contributed by atoms with Crippen LogP contribution in [0.1, 0.15) is 38.5 Å². The van der Waals surface area contributed by atoms with Gasteiger partial charge in [-0.15, -0.1) is 0 Å². The molecule has 78 valence electrons. The molecule has 1 aliphatic rings. The molecule has 3 heteroatoms. The van der Waals surface area contributed by atoms with E-state index < -0.39 is 0 Å². The molecule has 0 bridgehead atoms. The SMILES string of the molecule is NC1(COCCO)CCCCCC1. The molecule has 0 saturated heterocycles. The zero-order valence-corrected chi connectivity index (χ0v) is 8.30. The fourth-order valence-electron chi connectivity index (χ4n) is 1.92.